The Labute approximate surface area is 144 Å². The number of nitrogens with zero attached hydrogens (tertiary/aromatic N) is 1. The van der Waals surface area contributed by atoms with Crippen molar-refractivity contribution in [1.82, 2.24) is 4.31 Å². The number of morpholine rings is 1. The molecule has 1 N–H and O–H groups in total. The molecular formula is C17H26N2O4S. The summed E-state index contributed by atoms with van der Waals surface area (Å²) in [5.74, 6) is -0.189. The summed E-state index contributed by atoms with van der Waals surface area (Å²) in [5.41, 5.74) is 1.18. The van der Waals surface area contributed by atoms with E-state index in [9.17, 15) is 13.2 Å². The van der Waals surface area contributed by atoms with Crippen molar-refractivity contribution in [3.63, 3.8) is 0 Å². The van der Waals surface area contributed by atoms with Gasteiger partial charge in [0, 0.05) is 24.7 Å². The average Bonchev–Trinajstić information content (AvgIpc) is 2.57. The summed E-state index contributed by atoms with van der Waals surface area (Å²) in [4.78, 5) is 12.4. The Morgan fingerprint density at radius 3 is 2.62 bits per heavy atom. The van der Waals surface area contributed by atoms with Crippen LogP contribution in [-0.2, 0) is 19.6 Å². The summed E-state index contributed by atoms with van der Waals surface area (Å²) in [6.45, 7) is 7.18. The third-order valence-corrected chi connectivity index (χ3v) is 6.25. The molecule has 1 aromatic carbocycles. The van der Waals surface area contributed by atoms with Gasteiger partial charge in [-0.3, -0.25) is 4.79 Å². The van der Waals surface area contributed by atoms with Crippen LogP contribution in [0.3, 0.4) is 0 Å². The molecule has 1 atom stereocenters. The normalized spacial score (nSPS) is 17.5. The van der Waals surface area contributed by atoms with Crippen molar-refractivity contribution in [3.8, 4) is 0 Å². The summed E-state index contributed by atoms with van der Waals surface area (Å²) < 4.78 is 32.3. The fraction of sp³-hybridized carbons (Fsp3) is 0.588. The van der Waals surface area contributed by atoms with E-state index in [0.29, 0.717) is 37.6 Å². The van der Waals surface area contributed by atoms with Crippen LogP contribution in [0.5, 0.6) is 0 Å². The van der Waals surface area contributed by atoms with Crippen LogP contribution in [0.25, 0.3) is 0 Å². The highest BCUT2D eigenvalue weighted by Gasteiger charge is 2.28. The second kappa shape index (κ2) is 8.09. The maximum absolute atomic E-state index is 12.8. The maximum Gasteiger partial charge on any atom is 0.243 e. The lowest BCUT2D eigenvalue weighted by Gasteiger charge is -2.27. The predicted molar refractivity (Wildman–Crippen MR) is 93.5 cm³/mol. The topological polar surface area (TPSA) is 75.7 Å². The molecule has 1 saturated heterocycles. The Bertz CT molecular complexity index is 682. The molecule has 2 rings (SSSR count). The number of hydrogen-bond acceptors (Lipinski definition) is 4. The Morgan fingerprint density at radius 1 is 1.33 bits per heavy atom. The van der Waals surface area contributed by atoms with Gasteiger partial charge in [-0.05, 0) is 31.0 Å². The van der Waals surface area contributed by atoms with Crippen LogP contribution < -0.4 is 5.32 Å². The summed E-state index contributed by atoms with van der Waals surface area (Å²) in [7, 11) is -3.58. The highest BCUT2D eigenvalue weighted by atomic mass is 32.2. The van der Waals surface area contributed by atoms with E-state index >= 15 is 0 Å². The highest BCUT2D eigenvalue weighted by molar-refractivity contribution is 7.89. The lowest BCUT2D eigenvalue weighted by atomic mass is 10.1. The third-order valence-electron chi connectivity index (χ3n) is 4.21. The molecule has 0 bridgehead atoms. The molecule has 1 aliphatic rings. The first-order valence-corrected chi connectivity index (χ1v) is 9.79. The van der Waals surface area contributed by atoms with Crippen LogP contribution in [0, 0.1) is 12.8 Å². The monoisotopic (exact) mass is 354 g/mol. The number of benzene rings is 1. The third kappa shape index (κ3) is 4.34. The second-order valence-electron chi connectivity index (χ2n) is 6.18. The largest absolute Gasteiger partial charge is 0.379 e. The standard InChI is InChI=1S/C17H26N2O4S/c1-4-5-14(3)17(20)18-15-7-6-13(2)16(12-15)24(21,22)19-8-10-23-11-9-19/h6-7,12,14H,4-5,8-11H2,1-3H3,(H,18,20). The molecule has 1 unspecified atom stereocenters. The first kappa shape index (κ1) is 18.9. The Balaban J connectivity index is 2.23. The van der Waals surface area contributed by atoms with E-state index in [1.807, 2.05) is 13.8 Å². The minimum absolute atomic E-state index is 0.0876. The SMILES string of the molecule is CCCC(C)C(=O)Nc1ccc(C)c(S(=O)(=O)N2CCOCC2)c1. The zero-order valence-corrected chi connectivity index (χ0v) is 15.4. The van der Waals surface area contributed by atoms with Crippen molar-refractivity contribution >= 4 is 21.6 Å². The van der Waals surface area contributed by atoms with Gasteiger partial charge in [-0.2, -0.15) is 4.31 Å². The number of carbonyl (C=O) groups excluding carboxylic acids is 1. The second-order valence-corrected chi connectivity index (χ2v) is 8.08. The van der Waals surface area contributed by atoms with Crippen molar-refractivity contribution in [3.05, 3.63) is 23.8 Å². The van der Waals surface area contributed by atoms with Crippen molar-refractivity contribution < 1.29 is 17.9 Å². The molecule has 1 fully saturated rings. The number of carbonyl (C=O) groups is 1. The van der Waals surface area contributed by atoms with Gasteiger partial charge in [0.1, 0.15) is 0 Å². The molecule has 1 amide bonds. The fourth-order valence-corrected chi connectivity index (χ4v) is 4.37. The summed E-state index contributed by atoms with van der Waals surface area (Å²) >= 11 is 0. The Kier molecular flexibility index (Phi) is 6.37. The number of amides is 1. The van der Waals surface area contributed by atoms with Crippen molar-refractivity contribution in [2.24, 2.45) is 5.92 Å². The van der Waals surface area contributed by atoms with Gasteiger partial charge < -0.3 is 10.1 Å². The van der Waals surface area contributed by atoms with E-state index in [-0.39, 0.29) is 16.7 Å². The number of anilines is 1. The number of nitrogens with one attached hydrogen (secondary N) is 1. The molecule has 1 heterocycles. The number of aryl methyl sites for hydroxylation is 1. The molecule has 7 heteroatoms. The van der Waals surface area contributed by atoms with Crippen LogP contribution in [0.2, 0.25) is 0 Å². The molecule has 1 aliphatic heterocycles. The molecule has 0 spiro atoms. The minimum atomic E-state index is -3.58. The number of sulfonamides is 1. The van der Waals surface area contributed by atoms with Gasteiger partial charge in [-0.15, -0.1) is 0 Å². The van der Waals surface area contributed by atoms with Gasteiger partial charge in [0.05, 0.1) is 18.1 Å². The van der Waals surface area contributed by atoms with Gasteiger partial charge in [0.2, 0.25) is 15.9 Å². The van der Waals surface area contributed by atoms with Gasteiger partial charge in [0.15, 0.2) is 0 Å². The zero-order valence-electron chi connectivity index (χ0n) is 14.5. The van der Waals surface area contributed by atoms with Gasteiger partial charge in [-0.25, -0.2) is 8.42 Å². The lowest BCUT2D eigenvalue weighted by molar-refractivity contribution is -0.119. The van der Waals surface area contributed by atoms with E-state index in [4.69, 9.17) is 4.74 Å². The predicted octanol–water partition coefficient (Wildman–Crippen LogP) is 2.39. The summed E-state index contributed by atoms with van der Waals surface area (Å²) in [5, 5.41) is 2.82. The molecule has 0 radical (unpaired) electrons. The fourth-order valence-electron chi connectivity index (χ4n) is 2.71. The van der Waals surface area contributed by atoms with Gasteiger partial charge >= 0.3 is 0 Å². The van der Waals surface area contributed by atoms with E-state index < -0.39 is 10.0 Å². The molecular weight excluding hydrogens is 328 g/mol. The smallest absolute Gasteiger partial charge is 0.243 e. The van der Waals surface area contributed by atoms with Crippen LogP contribution in [-0.4, -0.2) is 44.9 Å². The first-order chi connectivity index (χ1) is 11.4. The summed E-state index contributed by atoms with van der Waals surface area (Å²) in [6, 6.07) is 5.02. The molecule has 24 heavy (non-hydrogen) atoms. The van der Waals surface area contributed by atoms with E-state index in [2.05, 4.69) is 5.32 Å². The Morgan fingerprint density at radius 2 is 2.00 bits per heavy atom. The van der Waals surface area contributed by atoms with Crippen molar-refractivity contribution in [1.29, 1.82) is 0 Å². The van der Waals surface area contributed by atoms with Crippen LogP contribution in [0.4, 0.5) is 5.69 Å². The quantitative estimate of drug-likeness (QED) is 0.851. The van der Waals surface area contributed by atoms with Crippen LogP contribution in [0.1, 0.15) is 32.3 Å². The van der Waals surface area contributed by atoms with Crippen molar-refractivity contribution in [2.45, 2.75) is 38.5 Å². The molecule has 1 aromatic rings. The van der Waals surface area contributed by atoms with Gasteiger partial charge in [-0.1, -0.05) is 26.3 Å². The van der Waals surface area contributed by atoms with E-state index in [1.165, 1.54) is 4.31 Å². The van der Waals surface area contributed by atoms with Crippen molar-refractivity contribution in [2.75, 3.05) is 31.6 Å². The van der Waals surface area contributed by atoms with Gasteiger partial charge in [0.25, 0.3) is 0 Å². The van der Waals surface area contributed by atoms with E-state index in [0.717, 1.165) is 12.8 Å². The molecule has 0 aromatic heterocycles. The molecule has 6 nitrogen and oxygen atoms in total. The number of ether oxygens (including phenoxy) is 1. The average molecular weight is 354 g/mol. The summed E-state index contributed by atoms with van der Waals surface area (Å²) in [6.07, 6.45) is 1.73. The molecule has 0 saturated carbocycles. The number of rotatable bonds is 6. The molecule has 134 valence electrons. The maximum atomic E-state index is 12.8. The minimum Gasteiger partial charge on any atom is -0.379 e. The highest BCUT2D eigenvalue weighted by Crippen LogP contribution is 2.25. The number of hydrogen-bond donors (Lipinski definition) is 1. The van der Waals surface area contributed by atoms with E-state index in [1.54, 1.807) is 25.1 Å². The zero-order chi connectivity index (χ0) is 17.7. The Hall–Kier alpha value is -1.44. The molecule has 0 aliphatic carbocycles. The van der Waals surface area contributed by atoms with Crippen LogP contribution >= 0.6 is 0 Å². The lowest BCUT2D eigenvalue weighted by Crippen LogP contribution is -2.40. The van der Waals surface area contributed by atoms with Crippen LogP contribution in [0.15, 0.2) is 23.1 Å². The first-order valence-electron chi connectivity index (χ1n) is 8.35.